The highest BCUT2D eigenvalue weighted by Crippen LogP contribution is 2.36. The molecule has 1 aliphatic heterocycles. The highest BCUT2D eigenvalue weighted by molar-refractivity contribution is 9.10. The van der Waals surface area contributed by atoms with Crippen LogP contribution in [0.1, 0.15) is 50.7 Å². The monoisotopic (exact) mass is 401 g/mol. The Balaban J connectivity index is 1.64. The summed E-state index contributed by atoms with van der Waals surface area (Å²) in [5, 5.41) is 3.58. The second-order valence-corrected chi connectivity index (χ2v) is 8.27. The number of benzene rings is 2. The molecule has 3 heteroatoms. The smallest absolute Gasteiger partial charge is 0.133 e. The Bertz CT molecular complexity index is 678. The topological polar surface area (TPSA) is 21.3 Å². The summed E-state index contributed by atoms with van der Waals surface area (Å²) in [5.74, 6) is 0.934. The fourth-order valence-corrected chi connectivity index (χ4v) is 4.00. The molecule has 2 aromatic rings. The Hall–Kier alpha value is -1.32. The summed E-state index contributed by atoms with van der Waals surface area (Å²) in [4.78, 5) is 0. The highest BCUT2D eigenvalue weighted by atomic mass is 79.9. The average Bonchev–Trinajstić information content (AvgIpc) is 2.64. The summed E-state index contributed by atoms with van der Waals surface area (Å²) in [5.41, 5.74) is 2.57. The summed E-state index contributed by atoms with van der Waals surface area (Å²) in [6.45, 7) is 6.44. The van der Waals surface area contributed by atoms with E-state index >= 15 is 0 Å². The van der Waals surface area contributed by atoms with Crippen LogP contribution in [0.2, 0.25) is 0 Å². The lowest BCUT2D eigenvalue weighted by Gasteiger charge is -2.27. The molecule has 25 heavy (non-hydrogen) atoms. The van der Waals surface area contributed by atoms with Gasteiger partial charge >= 0.3 is 0 Å². The molecule has 1 heterocycles. The summed E-state index contributed by atoms with van der Waals surface area (Å²) < 4.78 is 7.06. The van der Waals surface area contributed by atoms with Crippen LogP contribution in [0.4, 0.5) is 0 Å². The van der Waals surface area contributed by atoms with E-state index in [2.05, 4.69) is 83.6 Å². The quantitative estimate of drug-likeness (QED) is 0.671. The third-order valence-electron chi connectivity index (χ3n) is 5.29. The van der Waals surface area contributed by atoms with Crippen molar-refractivity contribution < 1.29 is 4.74 Å². The van der Waals surface area contributed by atoms with E-state index in [0.29, 0.717) is 6.04 Å². The predicted molar refractivity (Wildman–Crippen MR) is 108 cm³/mol. The van der Waals surface area contributed by atoms with Gasteiger partial charge in [-0.05, 0) is 65.0 Å². The number of nitrogens with one attached hydrogen (secondary N) is 1. The van der Waals surface area contributed by atoms with Gasteiger partial charge in [-0.2, -0.15) is 0 Å². The second kappa shape index (κ2) is 8.37. The van der Waals surface area contributed by atoms with E-state index in [4.69, 9.17) is 4.74 Å². The Morgan fingerprint density at radius 3 is 2.56 bits per heavy atom. The van der Waals surface area contributed by atoms with Crippen molar-refractivity contribution in [3.8, 4) is 5.75 Å². The third kappa shape index (κ3) is 4.65. The zero-order valence-electron chi connectivity index (χ0n) is 15.2. The molecule has 134 valence electrons. The van der Waals surface area contributed by atoms with Gasteiger partial charge in [0.15, 0.2) is 0 Å². The van der Waals surface area contributed by atoms with Crippen LogP contribution < -0.4 is 10.1 Å². The van der Waals surface area contributed by atoms with Gasteiger partial charge in [-0.25, -0.2) is 0 Å². The zero-order chi connectivity index (χ0) is 17.7. The fourth-order valence-electron chi connectivity index (χ4n) is 3.51. The minimum absolute atomic E-state index is 0.0334. The maximum absolute atomic E-state index is 6.03. The molecular weight excluding hydrogens is 374 g/mol. The number of hydrogen-bond acceptors (Lipinski definition) is 2. The van der Waals surface area contributed by atoms with E-state index < -0.39 is 0 Å². The minimum Gasteiger partial charge on any atom is -0.492 e. The van der Waals surface area contributed by atoms with Crippen LogP contribution in [0.15, 0.2) is 53.0 Å². The molecule has 0 aliphatic carbocycles. The normalized spacial score (nSPS) is 18.1. The fraction of sp³-hybridized carbons (Fsp3) is 0.455. The number of hydrogen-bond donors (Lipinski definition) is 1. The van der Waals surface area contributed by atoms with Gasteiger partial charge in [-0.1, -0.05) is 56.7 Å². The van der Waals surface area contributed by atoms with Crippen molar-refractivity contribution in [2.45, 2.75) is 51.0 Å². The van der Waals surface area contributed by atoms with Crippen LogP contribution in [-0.4, -0.2) is 19.2 Å². The van der Waals surface area contributed by atoms with Gasteiger partial charge in [-0.3, -0.25) is 0 Å². The van der Waals surface area contributed by atoms with Crippen LogP contribution in [0.3, 0.4) is 0 Å². The number of piperidine rings is 1. The van der Waals surface area contributed by atoms with Crippen LogP contribution in [0.25, 0.3) is 0 Å². The molecular formula is C22H28BrNO. The zero-order valence-corrected chi connectivity index (χ0v) is 16.8. The summed E-state index contributed by atoms with van der Waals surface area (Å²) in [6, 6.07) is 17.7. The first-order chi connectivity index (χ1) is 12.1. The first-order valence-corrected chi connectivity index (χ1v) is 10.1. The SMILES string of the molecule is CC(C)(c1ccccc1)c1ccc(OCCC2CCCCN2)c(Br)c1. The molecule has 1 unspecified atom stereocenters. The van der Waals surface area contributed by atoms with Crippen molar-refractivity contribution in [3.63, 3.8) is 0 Å². The Labute approximate surface area is 160 Å². The average molecular weight is 402 g/mol. The van der Waals surface area contributed by atoms with Gasteiger partial charge in [0.05, 0.1) is 11.1 Å². The van der Waals surface area contributed by atoms with Gasteiger partial charge < -0.3 is 10.1 Å². The molecule has 1 fully saturated rings. The molecule has 0 bridgehead atoms. The number of rotatable bonds is 6. The van der Waals surface area contributed by atoms with E-state index in [0.717, 1.165) is 29.8 Å². The van der Waals surface area contributed by atoms with Gasteiger partial charge in [0, 0.05) is 11.5 Å². The van der Waals surface area contributed by atoms with E-state index in [-0.39, 0.29) is 5.41 Å². The standard InChI is InChI=1S/C22H28BrNO/c1-22(2,17-8-4-3-5-9-17)18-11-12-21(20(23)16-18)25-15-13-19-10-6-7-14-24-19/h3-5,8-9,11-12,16,19,24H,6-7,10,13-15H2,1-2H3. The van der Waals surface area contributed by atoms with E-state index in [1.54, 1.807) is 0 Å². The molecule has 1 atom stereocenters. The Kier molecular flexibility index (Phi) is 6.19. The summed E-state index contributed by atoms with van der Waals surface area (Å²) >= 11 is 3.70. The van der Waals surface area contributed by atoms with Gasteiger partial charge in [0.2, 0.25) is 0 Å². The van der Waals surface area contributed by atoms with Gasteiger partial charge in [-0.15, -0.1) is 0 Å². The Morgan fingerprint density at radius 1 is 1.08 bits per heavy atom. The molecule has 2 nitrogen and oxygen atoms in total. The van der Waals surface area contributed by atoms with Crippen LogP contribution >= 0.6 is 15.9 Å². The summed E-state index contributed by atoms with van der Waals surface area (Å²) in [7, 11) is 0. The molecule has 1 saturated heterocycles. The molecule has 1 aliphatic rings. The molecule has 1 N–H and O–H groups in total. The number of halogens is 1. The highest BCUT2D eigenvalue weighted by Gasteiger charge is 2.23. The van der Waals surface area contributed by atoms with Crippen LogP contribution in [0.5, 0.6) is 5.75 Å². The molecule has 0 aromatic heterocycles. The summed E-state index contributed by atoms with van der Waals surface area (Å²) in [6.07, 6.45) is 4.99. The lowest BCUT2D eigenvalue weighted by Crippen LogP contribution is -2.35. The van der Waals surface area contributed by atoms with E-state index in [9.17, 15) is 0 Å². The van der Waals surface area contributed by atoms with Crippen LogP contribution in [0, 0.1) is 0 Å². The van der Waals surface area contributed by atoms with Crippen molar-refractivity contribution in [1.29, 1.82) is 0 Å². The molecule has 2 aromatic carbocycles. The van der Waals surface area contributed by atoms with E-state index in [1.165, 1.54) is 30.4 Å². The lowest BCUT2D eigenvalue weighted by molar-refractivity contribution is 0.267. The maximum atomic E-state index is 6.03. The molecule has 3 rings (SSSR count). The largest absolute Gasteiger partial charge is 0.492 e. The molecule has 0 radical (unpaired) electrons. The van der Waals surface area contributed by atoms with Crippen molar-refractivity contribution >= 4 is 15.9 Å². The van der Waals surface area contributed by atoms with Crippen molar-refractivity contribution in [1.82, 2.24) is 5.32 Å². The van der Waals surface area contributed by atoms with Gasteiger partial charge in [0.25, 0.3) is 0 Å². The molecule has 0 saturated carbocycles. The Morgan fingerprint density at radius 2 is 1.88 bits per heavy atom. The van der Waals surface area contributed by atoms with Crippen molar-refractivity contribution in [3.05, 3.63) is 64.1 Å². The maximum Gasteiger partial charge on any atom is 0.133 e. The van der Waals surface area contributed by atoms with Crippen LogP contribution in [-0.2, 0) is 5.41 Å². The molecule has 0 amide bonds. The first kappa shape index (κ1) is 18.5. The van der Waals surface area contributed by atoms with Crippen molar-refractivity contribution in [2.75, 3.05) is 13.2 Å². The van der Waals surface area contributed by atoms with E-state index in [1.807, 2.05) is 0 Å². The number of ether oxygens (including phenoxy) is 1. The van der Waals surface area contributed by atoms with Crippen molar-refractivity contribution in [2.24, 2.45) is 0 Å². The predicted octanol–water partition coefficient (Wildman–Crippen LogP) is 5.69. The minimum atomic E-state index is -0.0334. The molecule has 0 spiro atoms. The lowest BCUT2D eigenvalue weighted by atomic mass is 9.78. The third-order valence-corrected chi connectivity index (χ3v) is 5.91. The second-order valence-electron chi connectivity index (χ2n) is 7.42. The first-order valence-electron chi connectivity index (χ1n) is 9.29. The van der Waals surface area contributed by atoms with Gasteiger partial charge in [0.1, 0.15) is 5.75 Å².